The molecule has 0 saturated carbocycles. The molecule has 1 aromatic rings. The van der Waals surface area contributed by atoms with E-state index in [9.17, 15) is 0 Å². The summed E-state index contributed by atoms with van der Waals surface area (Å²) in [6.07, 6.45) is 0.703. The maximum Gasteiger partial charge on any atom is 0.123 e. The Labute approximate surface area is 91.1 Å². The van der Waals surface area contributed by atoms with Gasteiger partial charge >= 0.3 is 0 Å². The minimum absolute atomic E-state index is 0.163. The van der Waals surface area contributed by atoms with Gasteiger partial charge in [-0.25, -0.2) is 0 Å². The van der Waals surface area contributed by atoms with E-state index < -0.39 is 0 Å². The lowest BCUT2D eigenvalue weighted by molar-refractivity contribution is 0.264. The summed E-state index contributed by atoms with van der Waals surface area (Å²) < 4.78 is 5.30. The number of hydrogen-bond donors (Lipinski definition) is 2. The SMILES string of the molecule is CCNC(CCO)c1ccccc1OC. The van der Waals surface area contributed by atoms with E-state index in [1.165, 1.54) is 0 Å². The molecule has 0 aliphatic rings. The summed E-state index contributed by atoms with van der Waals surface area (Å²) in [7, 11) is 1.67. The van der Waals surface area contributed by atoms with Gasteiger partial charge in [0, 0.05) is 18.2 Å². The van der Waals surface area contributed by atoms with Crippen LogP contribution in [0.1, 0.15) is 24.9 Å². The number of methoxy groups -OCH3 is 1. The van der Waals surface area contributed by atoms with Crippen LogP contribution in [0.2, 0.25) is 0 Å². The summed E-state index contributed by atoms with van der Waals surface area (Å²) in [6.45, 7) is 3.11. The predicted octanol–water partition coefficient (Wildman–Crippen LogP) is 1.73. The van der Waals surface area contributed by atoms with Crippen molar-refractivity contribution in [2.75, 3.05) is 20.3 Å². The quantitative estimate of drug-likeness (QED) is 0.749. The van der Waals surface area contributed by atoms with Crippen LogP contribution in [0.4, 0.5) is 0 Å². The molecule has 0 spiro atoms. The average Bonchev–Trinajstić information content (AvgIpc) is 2.29. The lowest BCUT2D eigenvalue weighted by Gasteiger charge is -2.19. The van der Waals surface area contributed by atoms with Crippen LogP contribution in [0.25, 0.3) is 0 Å². The Morgan fingerprint density at radius 2 is 2.13 bits per heavy atom. The van der Waals surface area contributed by atoms with Crippen LogP contribution in [-0.4, -0.2) is 25.4 Å². The van der Waals surface area contributed by atoms with E-state index in [2.05, 4.69) is 12.2 Å². The number of aliphatic hydroxyl groups is 1. The second-order valence-corrected chi connectivity index (χ2v) is 3.36. The third kappa shape index (κ3) is 3.22. The van der Waals surface area contributed by atoms with Crippen LogP contribution in [0, 0.1) is 0 Å². The van der Waals surface area contributed by atoms with Crippen LogP contribution in [0.15, 0.2) is 24.3 Å². The van der Waals surface area contributed by atoms with Crippen molar-refractivity contribution in [1.82, 2.24) is 5.32 Å². The predicted molar refractivity (Wildman–Crippen MR) is 61.1 cm³/mol. The first-order valence-electron chi connectivity index (χ1n) is 5.30. The number of ether oxygens (including phenoxy) is 1. The lowest BCUT2D eigenvalue weighted by Crippen LogP contribution is -2.22. The van der Waals surface area contributed by atoms with Crippen molar-refractivity contribution in [2.24, 2.45) is 0 Å². The summed E-state index contributed by atoms with van der Waals surface area (Å²) in [5.41, 5.74) is 1.11. The van der Waals surface area contributed by atoms with E-state index in [1.807, 2.05) is 24.3 Å². The fourth-order valence-corrected chi connectivity index (χ4v) is 1.70. The summed E-state index contributed by atoms with van der Waals surface area (Å²) >= 11 is 0. The van der Waals surface area contributed by atoms with Gasteiger partial charge < -0.3 is 15.2 Å². The van der Waals surface area contributed by atoms with E-state index in [0.29, 0.717) is 6.42 Å². The molecule has 0 heterocycles. The third-order valence-electron chi connectivity index (χ3n) is 2.38. The number of hydrogen-bond acceptors (Lipinski definition) is 3. The zero-order chi connectivity index (χ0) is 11.1. The van der Waals surface area contributed by atoms with Crippen molar-refractivity contribution in [3.8, 4) is 5.75 Å². The normalized spacial score (nSPS) is 12.5. The van der Waals surface area contributed by atoms with Gasteiger partial charge in [0.25, 0.3) is 0 Å². The molecule has 1 rings (SSSR count). The first-order chi connectivity index (χ1) is 7.33. The number of rotatable bonds is 6. The van der Waals surface area contributed by atoms with Gasteiger partial charge in [0.1, 0.15) is 5.75 Å². The Morgan fingerprint density at radius 1 is 1.40 bits per heavy atom. The topological polar surface area (TPSA) is 41.5 Å². The highest BCUT2D eigenvalue weighted by molar-refractivity contribution is 5.35. The molecule has 0 aliphatic carbocycles. The van der Waals surface area contributed by atoms with Gasteiger partial charge in [0.15, 0.2) is 0 Å². The smallest absolute Gasteiger partial charge is 0.123 e. The number of benzene rings is 1. The molecular formula is C12H19NO2. The molecular weight excluding hydrogens is 190 g/mol. The molecule has 0 saturated heterocycles. The fourth-order valence-electron chi connectivity index (χ4n) is 1.70. The Bertz CT molecular complexity index is 283. The molecule has 1 aromatic carbocycles. The van der Waals surface area contributed by atoms with Gasteiger partial charge in [0.2, 0.25) is 0 Å². The van der Waals surface area contributed by atoms with Crippen LogP contribution >= 0.6 is 0 Å². The largest absolute Gasteiger partial charge is 0.496 e. The summed E-state index contributed by atoms with van der Waals surface area (Å²) in [6, 6.07) is 8.07. The van der Waals surface area contributed by atoms with Gasteiger partial charge in [-0.3, -0.25) is 0 Å². The van der Waals surface area contributed by atoms with Crippen molar-refractivity contribution < 1.29 is 9.84 Å². The molecule has 84 valence electrons. The summed E-state index contributed by atoms with van der Waals surface area (Å²) in [4.78, 5) is 0. The molecule has 1 unspecified atom stereocenters. The van der Waals surface area contributed by atoms with Crippen molar-refractivity contribution in [3.63, 3.8) is 0 Å². The number of aliphatic hydroxyl groups excluding tert-OH is 1. The van der Waals surface area contributed by atoms with Crippen molar-refractivity contribution in [3.05, 3.63) is 29.8 Å². The van der Waals surface area contributed by atoms with E-state index in [1.54, 1.807) is 7.11 Å². The fraction of sp³-hybridized carbons (Fsp3) is 0.500. The van der Waals surface area contributed by atoms with Crippen LogP contribution in [0.5, 0.6) is 5.75 Å². The van der Waals surface area contributed by atoms with Gasteiger partial charge in [-0.2, -0.15) is 0 Å². The molecule has 2 N–H and O–H groups in total. The van der Waals surface area contributed by atoms with Gasteiger partial charge in [0.05, 0.1) is 7.11 Å². The Balaban J connectivity index is 2.88. The molecule has 0 aromatic heterocycles. The highest BCUT2D eigenvalue weighted by Crippen LogP contribution is 2.26. The molecule has 0 radical (unpaired) electrons. The molecule has 0 aliphatic heterocycles. The van der Waals surface area contributed by atoms with Crippen LogP contribution < -0.4 is 10.1 Å². The minimum Gasteiger partial charge on any atom is -0.496 e. The standard InChI is InChI=1S/C12H19NO2/c1-3-13-11(8-9-14)10-6-4-5-7-12(10)15-2/h4-7,11,13-14H,3,8-9H2,1-2H3. The maximum absolute atomic E-state index is 9.01. The first kappa shape index (κ1) is 12.0. The molecule has 15 heavy (non-hydrogen) atoms. The first-order valence-corrected chi connectivity index (χ1v) is 5.30. The monoisotopic (exact) mass is 209 g/mol. The van der Waals surface area contributed by atoms with Gasteiger partial charge in [-0.1, -0.05) is 25.1 Å². The van der Waals surface area contributed by atoms with E-state index in [-0.39, 0.29) is 12.6 Å². The van der Waals surface area contributed by atoms with Crippen molar-refractivity contribution in [1.29, 1.82) is 0 Å². The molecule has 0 amide bonds. The summed E-state index contributed by atoms with van der Waals surface area (Å²) in [5, 5.41) is 12.3. The van der Waals surface area contributed by atoms with E-state index in [4.69, 9.17) is 9.84 Å². The minimum atomic E-state index is 0.163. The maximum atomic E-state index is 9.01. The Kier molecular flexibility index (Phi) is 5.15. The molecule has 3 heteroatoms. The van der Waals surface area contributed by atoms with Gasteiger partial charge in [-0.15, -0.1) is 0 Å². The van der Waals surface area contributed by atoms with Crippen molar-refractivity contribution >= 4 is 0 Å². The highest BCUT2D eigenvalue weighted by Gasteiger charge is 2.13. The molecule has 1 atom stereocenters. The van der Waals surface area contributed by atoms with Crippen LogP contribution in [-0.2, 0) is 0 Å². The Hall–Kier alpha value is -1.06. The Morgan fingerprint density at radius 3 is 2.73 bits per heavy atom. The average molecular weight is 209 g/mol. The van der Waals surface area contributed by atoms with Crippen molar-refractivity contribution in [2.45, 2.75) is 19.4 Å². The second kappa shape index (κ2) is 6.43. The zero-order valence-electron chi connectivity index (χ0n) is 9.36. The van der Waals surface area contributed by atoms with Gasteiger partial charge in [-0.05, 0) is 19.0 Å². The third-order valence-corrected chi connectivity index (χ3v) is 2.38. The number of nitrogens with one attached hydrogen (secondary N) is 1. The highest BCUT2D eigenvalue weighted by atomic mass is 16.5. The zero-order valence-corrected chi connectivity index (χ0v) is 9.36. The molecule has 0 fully saturated rings. The summed E-state index contributed by atoms with van der Waals surface area (Å²) in [5.74, 6) is 0.872. The number of para-hydroxylation sites is 1. The van der Waals surface area contributed by atoms with E-state index >= 15 is 0 Å². The molecule has 3 nitrogen and oxygen atoms in total. The second-order valence-electron chi connectivity index (χ2n) is 3.36. The van der Waals surface area contributed by atoms with E-state index in [0.717, 1.165) is 17.9 Å². The lowest BCUT2D eigenvalue weighted by atomic mass is 10.0. The van der Waals surface area contributed by atoms with Crippen LogP contribution in [0.3, 0.4) is 0 Å². The molecule has 0 bridgehead atoms.